The molecule has 192 valence electrons. The molecule has 36 heavy (non-hydrogen) atoms. The fraction of sp³-hybridized carbons (Fsp3) is 0.320. The molecule has 1 heterocycles. The van der Waals surface area contributed by atoms with Crippen molar-refractivity contribution in [3.05, 3.63) is 77.5 Å². The molecule has 0 bridgehead atoms. The van der Waals surface area contributed by atoms with Crippen molar-refractivity contribution in [2.75, 3.05) is 11.8 Å². The number of carbonyl (C=O) groups excluding carboxylic acids is 2. The summed E-state index contributed by atoms with van der Waals surface area (Å²) in [6, 6.07) is 14.4. The van der Waals surface area contributed by atoms with Gasteiger partial charge in [-0.2, -0.15) is 8.42 Å². The van der Waals surface area contributed by atoms with Gasteiger partial charge in [-0.3, -0.25) is 19.1 Å². The van der Waals surface area contributed by atoms with E-state index in [0.29, 0.717) is 12.8 Å². The Kier molecular flexibility index (Phi) is 9.20. The standard InChI is InChI=1S/C25H30N4O6S/c1-3-19-13-14-21(26-19)22(15-18-9-11-20(12-10-18)29-36(32,33)34)27-24(30)23(28-25(31)35-2)16-17-7-5-4-6-8-17/h4-12,14,22-23,29H,3,13,15-16H2,1-2H3,(H,27,30)(H,28,31)(H,32,33,34). The first-order valence-electron chi connectivity index (χ1n) is 11.5. The summed E-state index contributed by atoms with van der Waals surface area (Å²) in [5, 5.41) is 5.63. The number of methoxy groups -OCH3 is 1. The van der Waals surface area contributed by atoms with Crippen molar-refractivity contribution in [3.8, 4) is 0 Å². The summed E-state index contributed by atoms with van der Waals surface area (Å²) in [7, 11) is -3.14. The van der Waals surface area contributed by atoms with Crippen LogP contribution in [0.2, 0.25) is 0 Å². The van der Waals surface area contributed by atoms with Crippen LogP contribution in [0.5, 0.6) is 0 Å². The van der Waals surface area contributed by atoms with Crippen molar-refractivity contribution in [2.45, 2.75) is 44.7 Å². The topological polar surface area (TPSA) is 146 Å². The Morgan fingerprint density at radius 1 is 1.03 bits per heavy atom. The molecule has 2 atom stereocenters. The molecule has 0 saturated carbocycles. The Morgan fingerprint density at radius 3 is 2.28 bits per heavy atom. The number of alkyl carbamates (subject to hydrolysis) is 1. The monoisotopic (exact) mass is 514 g/mol. The number of hydrogen-bond acceptors (Lipinski definition) is 6. The molecular formula is C25H30N4O6S. The van der Waals surface area contributed by atoms with E-state index < -0.39 is 28.5 Å². The molecule has 0 fully saturated rings. The molecule has 2 unspecified atom stereocenters. The molecule has 0 aliphatic carbocycles. The van der Waals surface area contributed by atoms with Crippen LogP contribution in [0, 0.1) is 0 Å². The average molecular weight is 515 g/mol. The second-order valence-corrected chi connectivity index (χ2v) is 9.44. The highest BCUT2D eigenvalue weighted by molar-refractivity contribution is 7.87. The highest BCUT2D eigenvalue weighted by atomic mass is 32.2. The third kappa shape index (κ3) is 8.21. The molecule has 0 saturated heterocycles. The van der Waals surface area contributed by atoms with Crippen LogP contribution in [0.15, 0.2) is 71.4 Å². The largest absolute Gasteiger partial charge is 0.453 e. The molecule has 10 nitrogen and oxygen atoms in total. The van der Waals surface area contributed by atoms with Crippen LogP contribution in [0.1, 0.15) is 30.9 Å². The number of hydrogen-bond donors (Lipinski definition) is 4. The van der Waals surface area contributed by atoms with E-state index in [-0.39, 0.29) is 18.0 Å². The number of anilines is 1. The Hall–Kier alpha value is -3.70. The number of carbonyl (C=O) groups is 2. The lowest BCUT2D eigenvalue weighted by atomic mass is 10.0. The van der Waals surface area contributed by atoms with Crippen molar-refractivity contribution in [3.63, 3.8) is 0 Å². The lowest BCUT2D eigenvalue weighted by Crippen LogP contribution is -2.51. The SMILES string of the molecule is CCC1=NC(C(Cc2ccc(NS(=O)(=O)O)cc2)NC(=O)C(Cc2ccccc2)NC(=O)OC)=CC1. The van der Waals surface area contributed by atoms with Gasteiger partial charge in [-0.15, -0.1) is 0 Å². The number of amides is 2. The maximum atomic E-state index is 13.4. The zero-order valence-corrected chi connectivity index (χ0v) is 20.9. The minimum Gasteiger partial charge on any atom is -0.453 e. The van der Waals surface area contributed by atoms with E-state index >= 15 is 0 Å². The lowest BCUT2D eigenvalue weighted by molar-refractivity contribution is -0.123. The Bertz CT molecular complexity index is 1230. The Morgan fingerprint density at radius 2 is 1.69 bits per heavy atom. The quantitative estimate of drug-likeness (QED) is 0.339. The minimum absolute atomic E-state index is 0.207. The number of nitrogens with zero attached hydrogens (tertiary/aromatic N) is 1. The molecule has 0 spiro atoms. The van der Waals surface area contributed by atoms with Gasteiger partial charge in [0.05, 0.1) is 24.5 Å². The first-order chi connectivity index (χ1) is 17.2. The molecule has 1 aliphatic rings. The number of rotatable bonds is 11. The normalized spacial score (nSPS) is 14.8. The third-order valence-electron chi connectivity index (χ3n) is 5.63. The summed E-state index contributed by atoms with van der Waals surface area (Å²) in [5.41, 5.74) is 3.61. The van der Waals surface area contributed by atoms with E-state index in [2.05, 4.69) is 15.6 Å². The van der Waals surface area contributed by atoms with Crippen molar-refractivity contribution in [2.24, 2.45) is 4.99 Å². The van der Waals surface area contributed by atoms with Crippen molar-refractivity contribution in [1.29, 1.82) is 0 Å². The number of aliphatic imine (C=N–C) groups is 1. The second-order valence-electron chi connectivity index (χ2n) is 8.28. The van der Waals surface area contributed by atoms with Crippen LogP contribution in [0.25, 0.3) is 0 Å². The van der Waals surface area contributed by atoms with Gasteiger partial charge in [-0.05, 0) is 36.1 Å². The number of nitrogens with one attached hydrogen (secondary N) is 3. The van der Waals surface area contributed by atoms with Gasteiger partial charge in [0.25, 0.3) is 0 Å². The van der Waals surface area contributed by atoms with Gasteiger partial charge in [-0.25, -0.2) is 4.79 Å². The fourth-order valence-electron chi connectivity index (χ4n) is 3.80. The molecule has 2 amide bonds. The highest BCUT2D eigenvalue weighted by Gasteiger charge is 2.27. The van der Waals surface area contributed by atoms with Crippen LogP contribution in [0.4, 0.5) is 10.5 Å². The van der Waals surface area contributed by atoms with Gasteiger partial charge < -0.3 is 15.4 Å². The zero-order chi connectivity index (χ0) is 26.1. The summed E-state index contributed by atoms with van der Waals surface area (Å²) >= 11 is 0. The summed E-state index contributed by atoms with van der Waals surface area (Å²) in [6.07, 6.45) is 3.39. The summed E-state index contributed by atoms with van der Waals surface area (Å²) in [5.74, 6) is -0.389. The van der Waals surface area contributed by atoms with E-state index in [1.165, 1.54) is 19.2 Å². The van der Waals surface area contributed by atoms with Crippen LogP contribution in [0.3, 0.4) is 0 Å². The Balaban J connectivity index is 1.81. The smallest absolute Gasteiger partial charge is 0.407 e. The van der Waals surface area contributed by atoms with E-state index in [9.17, 15) is 18.0 Å². The number of ether oxygens (including phenoxy) is 1. The molecule has 11 heteroatoms. The molecule has 0 aromatic heterocycles. The van der Waals surface area contributed by atoms with Gasteiger partial charge in [0.1, 0.15) is 6.04 Å². The molecule has 1 aliphatic heterocycles. The summed E-state index contributed by atoms with van der Waals surface area (Å²) < 4.78 is 37.8. The fourth-order valence-corrected chi connectivity index (χ4v) is 4.23. The minimum atomic E-state index is -4.38. The van der Waals surface area contributed by atoms with Gasteiger partial charge in [0, 0.05) is 18.6 Å². The van der Waals surface area contributed by atoms with Gasteiger partial charge in [0.15, 0.2) is 0 Å². The molecule has 2 aromatic carbocycles. The summed E-state index contributed by atoms with van der Waals surface area (Å²) in [6.45, 7) is 2.01. The van der Waals surface area contributed by atoms with Gasteiger partial charge in [-0.1, -0.05) is 55.5 Å². The molecule has 0 radical (unpaired) electrons. The van der Waals surface area contributed by atoms with E-state index in [4.69, 9.17) is 9.29 Å². The van der Waals surface area contributed by atoms with E-state index in [0.717, 1.165) is 29.0 Å². The van der Waals surface area contributed by atoms with Gasteiger partial charge >= 0.3 is 16.4 Å². The van der Waals surface area contributed by atoms with Gasteiger partial charge in [0.2, 0.25) is 5.91 Å². The van der Waals surface area contributed by atoms with Crippen molar-refractivity contribution in [1.82, 2.24) is 10.6 Å². The highest BCUT2D eigenvalue weighted by Crippen LogP contribution is 2.21. The van der Waals surface area contributed by atoms with Crippen molar-refractivity contribution < 1.29 is 27.3 Å². The maximum absolute atomic E-state index is 13.4. The number of benzene rings is 2. The molecular weight excluding hydrogens is 484 g/mol. The van der Waals surface area contributed by atoms with Crippen molar-refractivity contribution >= 4 is 33.7 Å². The average Bonchev–Trinajstić information content (AvgIpc) is 3.33. The second kappa shape index (κ2) is 12.3. The molecule has 2 aromatic rings. The first kappa shape index (κ1) is 26.9. The van der Waals surface area contributed by atoms with Crippen LogP contribution in [-0.2, 0) is 32.7 Å². The lowest BCUT2D eigenvalue weighted by Gasteiger charge is -2.23. The predicted octanol–water partition coefficient (Wildman–Crippen LogP) is 3.03. The van der Waals surface area contributed by atoms with E-state index in [1.807, 2.05) is 48.1 Å². The van der Waals surface area contributed by atoms with Crippen LogP contribution in [-0.4, -0.2) is 49.9 Å². The molecule has 4 N–H and O–H groups in total. The van der Waals surface area contributed by atoms with Crippen LogP contribution < -0.4 is 15.4 Å². The summed E-state index contributed by atoms with van der Waals surface area (Å²) in [4.78, 5) is 30.0. The zero-order valence-electron chi connectivity index (χ0n) is 20.1. The Labute approximate surface area is 210 Å². The molecule has 3 rings (SSSR count). The first-order valence-corrected chi connectivity index (χ1v) is 12.9. The maximum Gasteiger partial charge on any atom is 0.407 e. The number of allylic oxidation sites excluding steroid dienone is 1. The van der Waals surface area contributed by atoms with E-state index in [1.54, 1.807) is 12.1 Å². The predicted molar refractivity (Wildman–Crippen MR) is 137 cm³/mol. The third-order valence-corrected chi connectivity index (χ3v) is 6.13. The van der Waals surface area contributed by atoms with Crippen LogP contribution >= 0.6 is 0 Å².